The monoisotopic (exact) mass is 266 g/mol. The molecule has 0 aliphatic carbocycles. The number of unbranched alkanes of at least 4 members (excludes halogenated alkanes) is 3. The summed E-state index contributed by atoms with van der Waals surface area (Å²) in [5.74, 6) is -0.157. The van der Waals surface area contributed by atoms with Crippen LogP contribution in [0.25, 0.3) is 0 Å². The van der Waals surface area contributed by atoms with Crippen LogP contribution in [0.3, 0.4) is 0 Å². The molecule has 2 N–H and O–H groups in total. The molecule has 0 aliphatic rings. The van der Waals surface area contributed by atoms with Crippen LogP contribution in [0.15, 0.2) is 4.79 Å². The van der Waals surface area contributed by atoms with Gasteiger partial charge in [0.05, 0.1) is 5.69 Å². The van der Waals surface area contributed by atoms with Crippen molar-refractivity contribution in [3.8, 4) is 0 Å². The number of anilines is 1. The van der Waals surface area contributed by atoms with Gasteiger partial charge in [-0.1, -0.05) is 38.3 Å². The van der Waals surface area contributed by atoms with Crippen LogP contribution in [0, 0.1) is 0 Å². The quantitative estimate of drug-likeness (QED) is 0.705. The average molecular weight is 266 g/mol. The maximum atomic E-state index is 11.7. The normalized spacial score (nSPS) is 10.4. The molecule has 1 aromatic heterocycles. The third-order valence-electron chi connectivity index (χ3n) is 2.85. The molecule has 0 aliphatic heterocycles. The van der Waals surface area contributed by atoms with Gasteiger partial charge in [0.25, 0.3) is 5.56 Å². The molecule has 6 heteroatoms. The van der Waals surface area contributed by atoms with E-state index in [4.69, 9.17) is 0 Å². The number of rotatable bonds is 8. The van der Waals surface area contributed by atoms with Gasteiger partial charge in [-0.15, -0.1) is 5.10 Å². The fourth-order valence-corrected chi connectivity index (χ4v) is 1.82. The van der Waals surface area contributed by atoms with Crippen LogP contribution in [-0.2, 0) is 11.2 Å². The summed E-state index contributed by atoms with van der Waals surface area (Å²) in [6.07, 6.45) is 6.16. The first kappa shape index (κ1) is 15.3. The highest BCUT2D eigenvalue weighted by atomic mass is 16.2. The summed E-state index contributed by atoms with van der Waals surface area (Å²) in [5, 5.41) is 12.4. The average Bonchev–Trinajstić information content (AvgIpc) is 2.38. The van der Waals surface area contributed by atoms with Crippen molar-refractivity contribution in [1.29, 1.82) is 0 Å². The highest BCUT2D eigenvalue weighted by Gasteiger charge is 2.12. The van der Waals surface area contributed by atoms with Crippen molar-refractivity contribution in [2.75, 3.05) is 5.32 Å². The number of nitrogens with one attached hydrogen (secondary N) is 2. The molecule has 0 fully saturated rings. The Hall–Kier alpha value is -1.72. The van der Waals surface area contributed by atoms with E-state index in [0.29, 0.717) is 18.5 Å². The first-order valence-electron chi connectivity index (χ1n) is 6.93. The lowest BCUT2D eigenvalue weighted by atomic mass is 10.1. The van der Waals surface area contributed by atoms with E-state index in [-0.39, 0.29) is 17.2 Å². The van der Waals surface area contributed by atoms with E-state index >= 15 is 0 Å². The molecule has 1 heterocycles. The zero-order valence-electron chi connectivity index (χ0n) is 11.7. The number of aryl methyl sites for hydroxylation is 1. The maximum absolute atomic E-state index is 11.7. The molecular weight excluding hydrogens is 244 g/mol. The molecule has 0 saturated carbocycles. The summed E-state index contributed by atoms with van der Waals surface area (Å²) in [4.78, 5) is 23.3. The molecule has 1 rings (SSSR count). The van der Waals surface area contributed by atoms with Crippen molar-refractivity contribution in [2.24, 2.45) is 0 Å². The van der Waals surface area contributed by atoms with Crippen LogP contribution >= 0.6 is 0 Å². The van der Waals surface area contributed by atoms with E-state index in [9.17, 15) is 9.59 Å². The predicted molar refractivity (Wildman–Crippen MR) is 74.0 cm³/mol. The lowest BCUT2D eigenvalue weighted by molar-refractivity contribution is -0.116. The summed E-state index contributed by atoms with van der Waals surface area (Å²) < 4.78 is 0. The maximum Gasteiger partial charge on any atom is 0.291 e. The smallest absolute Gasteiger partial charge is 0.291 e. The van der Waals surface area contributed by atoms with E-state index in [1.54, 1.807) is 0 Å². The molecule has 0 saturated heterocycles. The Morgan fingerprint density at radius 1 is 1.21 bits per heavy atom. The van der Waals surface area contributed by atoms with E-state index in [0.717, 1.165) is 32.1 Å². The third-order valence-corrected chi connectivity index (χ3v) is 2.85. The summed E-state index contributed by atoms with van der Waals surface area (Å²) in [5.41, 5.74) is 0.444. The minimum atomic E-state index is -0.384. The Morgan fingerprint density at radius 2 is 2.00 bits per heavy atom. The van der Waals surface area contributed by atoms with Crippen molar-refractivity contribution >= 4 is 11.6 Å². The number of hydrogen-bond acceptors (Lipinski definition) is 4. The van der Waals surface area contributed by atoms with E-state index in [1.165, 1.54) is 0 Å². The Bertz CT molecular complexity index is 456. The number of nitrogens with zero attached hydrogens (tertiary/aromatic N) is 2. The van der Waals surface area contributed by atoms with Crippen LogP contribution in [-0.4, -0.2) is 21.3 Å². The van der Waals surface area contributed by atoms with Crippen LogP contribution in [0.1, 0.15) is 58.1 Å². The molecule has 0 aromatic carbocycles. The molecule has 0 radical (unpaired) electrons. The highest BCUT2D eigenvalue weighted by Crippen LogP contribution is 2.11. The second-order valence-electron chi connectivity index (χ2n) is 4.57. The number of amides is 1. The SMILES string of the molecule is CCCCCCc1nn[nH]c(=O)c1NC(=O)CCC. The zero-order chi connectivity index (χ0) is 14.1. The van der Waals surface area contributed by atoms with Crippen molar-refractivity contribution in [2.45, 2.75) is 58.8 Å². The molecule has 0 bridgehead atoms. The van der Waals surface area contributed by atoms with Crippen molar-refractivity contribution < 1.29 is 4.79 Å². The van der Waals surface area contributed by atoms with Gasteiger partial charge in [-0.05, 0) is 19.3 Å². The van der Waals surface area contributed by atoms with Crippen LogP contribution in [0.2, 0.25) is 0 Å². The topological polar surface area (TPSA) is 87.7 Å². The molecule has 1 amide bonds. The third kappa shape index (κ3) is 5.19. The Morgan fingerprint density at radius 3 is 2.68 bits per heavy atom. The second-order valence-corrected chi connectivity index (χ2v) is 4.57. The number of aromatic amines is 1. The molecule has 6 nitrogen and oxygen atoms in total. The number of H-pyrrole nitrogens is 1. The van der Waals surface area contributed by atoms with Gasteiger partial charge in [0.15, 0.2) is 0 Å². The van der Waals surface area contributed by atoms with Gasteiger partial charge < -0.3 is 5.32 Å². The lowest BCUT2D eigenvalue weighted by Crippen LogP contribution is -2.23. The van der Waals surface area contributed by atoms with Gasteiger partial charge >= 0.3 is 0 Å². The number of aromatic nitrogens is 3. The first-order valence-corrected chi connectivity index (χ1v) is 6.93. The van der Waals surface area contributed by atoms with E-state index < -0.39 is 0 Å². The zero-order valence-corrected chi connectivity index (χ0v) is 11.7. The molecule has 106 valence electrons. The number of hydrogen-bond donors (Lipinski definition) is 2. The van der Waals surface area contributed by atoms with E-state index in [2.05, 4.69) is 27.7 Å². The van der Waals surface area contributed by atoms with Gasteiger partial charge in [0.1, 0.15) is 5.69 Å². The summed E-state index contributed by atoms with van der Waals surface area (Å²) in [7, 11) is 0. The van der Waals surface area contributed by atoms with Gasteiger partial charge in [-0.25, -0.2) is 5.10 Å². The van der Waals surface area contributed by atoms with Crippen LogP contribution in [0.4, 0.5) is 5.69 Å². The highest BCUT2D eigenvalue weighted by molar-refractivity contribution is 5.90. The Balaban J connectivity index is 2.71. The molecule has 0 spiro atoms. The Labute approximate surface area is 113 Å². The number of carbonyl (C=O) groups is 1. The largest absolute Gasteiger partial charge is 0.320 e. The van der Waals surface area contributed by atoms with Gasteiger partial charge in [-0.3, -0.25) is 9.59 Å². The molecular formula is C13H22N4O2. The van der Waals surface area contributed by atoms with E-state index in [1.807, 2.05) is 6.92 Å². The van der Waals surface area contributed by atoms with Gasteiger partial charge in [0, 0.05) is 6.42 Å². The summed E-state index contributed by atoms with van der Waals surface area (Å²) in [6.45, 7) is 4.06. The molecule has 1 aromatic rings. The minimum Gasteiger partial charge on any atom is -0.320 e. The lowest BCUT2D eigenvalue weighted by Gasteiger charge is -2.07. The second kappa shape index (κ2) is 8.39. The van der Waals surface area contributed by atoms with Crippen molar-refractivity contribution in [3.05, 3.63) is 16.0 Å². The molecule has 0 unspecified atom stereocenters. The standard InChI is InChI=1S/C13H22N4O2/c1-3-5-6-7-9-10-12(13(19)16-17-15-10)14-11(18)8-4-2/h3-9H2,1-2H3,(H,14,17,18)(H,15,16,19). The molecule has 0 atom stereocenters. The fraction of sp³-hybridized carbons (Fsp3) is 0.692. The summed E-state index contributed by atoms with van der Waals surface area (Å²) >= 11 is 0. The summed E-state index contributed by atoms with van der Waals surface area (Å²) in [6, 6.07) is 0. The van der Waals surface area contributed by atoms with Crippen molar-refractivity contribution in [3.63, 3.8) is 0 Å². The predicted octanol–water partition coefficient (Wildman–Crippen LogP) is 2.03. The molecule has 19 heavy (non-hydrogen) atoms. The van der Waals surface area contributed by atoms with Crippen LogP contribution in [0.5, 0.6) is 0 Å². The first-order chi connectivity index (χ1) is 9.19. The van der Waals surface area contributed by atoms with Gasteiger partial charge in [-0.2, -0.15) is 0 Å². The number of carbonyl (C=O) groups excluding carboxylic acids is 1. The Kier molecular flexibility index (Phi) is 6.78. The fourth-order valence-electron chi connectivity index (χ4n) is 1.82. The minimum absolute atomic E-state index is 0.157. The van der Waals surface area contributed by atoms with Gasteiger partial charge in [0.2, 0.25) is 5.91 Å². The van der Waals surface area contributed by atoms with Crippen molar-refractivity contribution in [1.82, 2.24) is 15.4 Å². The van der Waals surface area contributed by atoms with Crippen LogP contribution < -0.4 is 10.9 Å².